The molecule has 8 heteroatoms. The van der Waals surface area contributed by atoms with Gasteiger partial charge in [0, 0.05) is 29.3 Å². The Morgan fingerprint density at radius 3 is 2.62 bits per heavy atom. The molecular weight excluding hydrogens is 343 g/mol. The van der Waals surface area contributed by atoms with E-state index in [2.05, 4.69) is 15.0 Å². The Bertz CT molecular complexity index is 1110. The lowest BCUT2D eigenvalue weighted by molar-refractivity contribution is -0.137. The number of alkyl halides is 3. The second-order valence-electron chi connectivity index (χ2n) is 5.97. The molecule has 0 bridgehead atoms. The van der Waals surface area contributed by atoms with Gasteiger partial charge in [-0.15, -0.1) is 0 Å². The lowest BCUT2D eigenvalue weighted by Crippen LogP contribution is -2.07. The number of halogens is 3. The molecule has 0 unspecified atom stereocenters. The first kappa shape index (κ1) is 16.2. The van der Waals surface area contributed by atoms with Crippen LogP contribution in [0.25, 0.3) is 28.1 Å². The number of hydrogen-bond donors (Lipinski definition) is 2. The summed E-state index contributed by atoms with van der Waals surface area (Å²) < 4.78 is 41.8. The van der Waals surface area contributed by atoms with Crippen LogP contribution in [0.5, 0.6) is 0 Å². The molecule has 0 amide bonds. The maximum absolute atomic E-state index is 13.4. The second-order valence-corrected chi connectivity index (χ2v) is 5.97. The molecule has 26 heavy (non-hydrogen) atoms. The number of imidazole rings is 2. The third-order valence-electron chi connectivity index (χ3n) is 4.13. The van der Waals surface area contributed by atoms with E-state index in [1.807, 2.05) is 0 Å². The SMILES string of the molecule is Cc1nccn1-c1cc(-c2nc3ccc(N)cc3[nH]2)cc(C(F)(F)F)c1. The molecule has 0 aliphatic carbocycles. The molecule has 4 rings (SSSR count). The van der Waals surface area contributed by atoms with Crippen molar-refractivity contribution in [3.05, 3.63) is 60.2 Å². The van der Waals surface area contributed by atoms with Gasteiger partial charge in [-0.2, -0.15) is 13.2 Å². The van der Waals surface area contributed by atoms with E-state index in [1.165, 1.54) is 0 Å². The van der Waals surface area contributed by atoms with E-state index in [0.29, 0.717) is 39.6 Å². The topological polar surface area (TPSA) is 72.5 Å². The molecule has 0 saturated heterocycles. The summed E-state index contributed by atoms with van der Waals surface area (Å²) in [6.45, 7) is 1.73. The van der Waals surface area contributed by atoms with Gasteiger partial charge in [0.1, 0.15) is 11.6 Å². The monoisotopic (exact) mass is 357 g/mol. The Balaban J connectivity index is 1.93. The van der Waals surface area contributed by atoms with Gasteiger partial charge in [0.25, 0.3) is 0 Å². The predicted molar refractivity (Wildman–Crippen MR) is 92.8 cm³/mol. The number of fused-ring (bicyclic) bond motifs is 1. The third-order valence-corrected chi connectivity index (χ3v) is 4.13. The van der Waals surface area contributed by atoms with Crippen LogP contribution in [0, 0.1) is 6.92 Å². The van der Waals surface area contributed by atoms with Crippen LogP contribution in [-0.4, -0.2) is 19.5 Å². The summed E-state index contributed by atoms with van der Waals surface area (Å²) in [6.07, 6.45) is -1.32. The Morgan fingerprint density at radius 1 is 1.12 bits per heavy atom. The molecule has 0 atom stereocenters. The van der Waals surface area contributed by atoms with Gasteiger partial charge in [0.05, 0.1) is 16.6 Å². The summed E-state index contributed by atoms with van der Waals surface area (Å²) in [5.41, 5.74) is 7.54. The smallest absolute Gasteiger partial charge is 0.399 e. The third kappa shape index (κ3) is 2.79. The Kier molecular flexibility index (Phi) is 3.50. The normalized spacial score (nSPS) is 12.0. The first-order valence-corrected chi connectivity index (χ1v) is 7.79. The largest absolute Gasteiger partial charge is 0.416 e. The van der Waals surface area contributed by atoms with Gasteiger partial charge in [-0.3, -0.25) is 0 Å². The van der Waals surface area contributed by atoms with Gasteiger partial charge in [-0.25, -0.2) is 9.97 Å². The number of nitrogen functional groups attached to an aromatic ring is 1. The van der Waals surface area contributed by atoms with E-state index >= 15 is 0 Å². The van der Waals surface area contributed by atoms with Crippen LogP contribution in [0.15, 0.2) is 48.8 Å². The zero-order valence-corrected chi connectivity index (χ0v) is 13.7. The number of benzene rings is 2. The van der Waals surface area contributed by atoms with Gasteiger partial charge in [0.2, 0.25) is 0 Å². The summed E-state index contributed by atoms with van der Waals surface area (Å²) in [7, 11) is 0. The number of nitrogens with zero attached hydrogens (tertiary/aromatic N) is 3. The molecular formula is C18H14F3N5. The van der Waals surface area contributed by atoms with E-state index in [-0.39, 0.29) is 0 Å². The van der Waals surface area contributed by atoms with Crippen molar-refractivity contribution in [2.45, 2.75) is 13.1 Å². The molecule has 0 fully saturated rings. The summed E-state index contributed by atoms with van der Waals surface area (Å²) in [4.78, 5) is 11.5. The van der Waals surface area contributed by atoms with E-state index < -0.39 is 11.7 Å². The van der Waals surface area contributed by atoms with Crippen LogP contribution in [0.4, 0.5) is 18.9 Å². The lowest BCUT2D eigenvalue weighted by Gasteiger charge is -2.13. The number of aryl methyl sites for hydroxylation is 1. The van der Waals surface area contributed by atoms with Crippen LogP contribution in [0.2, 0.25) is 0 Å². The molecule has 0 saturated carbocycles. The van der Waals surface area contributed by atoms with Gasteiger partial charge in [0.15, 0.2) is 0 Å². The minimum absolute atomic E-state index is 0.331. The standard InChI is InChI=1S/C18H14F3N5/c1-10-23-4-5-26(10)14-7-11(6-12(8-14)18(19,20)21)17-24-15-3-2-13(22)9-16(15)25-17/h2-9H,22H2,1H3,(H,24,25). The molecule has 0 radical (unpaired) electrons. The average Bonchev–Trinajstić information content (AvgIpc) is 3.19. The number of aromatic amines is 1. The van der Waals surface area contributed by atoms with Crippen LogP contribution in [-0.2, 0) is 6.18 Å². The van der Waals surface area contributed by atoms with Crippen LogP contribution >= 0.6 is 0 Å². The van der Waals surface area contributed by atoms with Crippen molar-refractivity contribution < 1.29 is 13.2 Å². The molecule has 0 spiro atoms. The van der Waals surface area contributed by atoms with Gasteiger partial charge in [-0.1, -0.05) is 0 Å². The highest BCUT2D eigenvalue weighted by molar-refractivity contribution is 5.82. The number of aromatic nitrogens is 4. The second kappa shape index (κ2) is 5.62. The van der Waals surface area contributed by atoms with Crippen molar-refractivity contribution in [2.75, 3.05) is 5.73 Å². The number of anilines is 1. The molecule has 0 aliphatic rings. The van der Waals surface area contributed by atoms with Gasteiger partial charge < -0.3 is 15.3 Å². The zero-order valence-electron chi connectivity index (χ0n) is 13.7. The predicted octanol–water partition coefficient (Wildman–Crippen LogP) is 4.33. The van der Waals surface area contributed by atoms with Gasteiger partial charge >= 0.3 is 6.18 Å². The Labute approximate surface area is 146 Å². The molecule has 0 aliphatic heterocycles. The highest BCUT2D eigenvalue weighted by Crippen LogP contribution is 2.34. The number of hydrogen-bond acceptors (Lipinski definition) is 3. The molecule has 5 nitrogen and oxygen atoms in total. The highest BCUT2D eigenvalue weighted by Gasteiger charge is 2.32. The van der Waals surface area contributed by atoms with Crippen molar-refractivity contribution in [1.82, 2.24) is 19.5 Å². The number of H-pyrrole nitrogens is 1. The van der Waals surface area contributed by atoms with E-state index in [9.17, 15) is 13.2 Å². The maximum Gasteiger partial charge on any atom is 0.416 e. The maximum atomic E-state index is 13.4. The van der Waals surface area contributed by atoms with Gasteiger partial charge in [-0.05, 0) is 43.3 Å². The van der Waals surface area contributed by atoms with Crippen molar-refractivity contribution >= 4 is 16.7 Å². The molecule has 132 valence electrons. The van der Waals surface area contributed by atoms with E-state index in [0.717, 1.165) is 12.1 Å². The number of rotatable bonds is 2. The van der Waals surface area contributed by atoms with Crippen molar-refractivity contribution in [2.24, 2.45) is 0 Å². The lowest BCUT2D eigenvalue weighted by atomic mass is 10.1. The zero-order chi connectivity index (χ0) is 18.5. The fourth-order valence-electron chi connectivity index (χ4n) is 2.87. The fourth-order valence-corrected chi connectivity index (χ4v) is 2.87. The van der Waals surface area contributed by atoms with Crippen LogP contribution in [0.3, 0.4) is 0 Å². The van der Waals surface area contributed by atoms with E-state index in [4.69, 9.17) is 5.73 Å². The van der Waals surface area contributed by atoms with Crippen LogP contribution in [0.1, 0.15) is 11.4 Å². The first-order valence-electron chi connectivity index (χ1n) is 7.79. The van der Waals surface area contributed by atoms with E-state index in [1.54, 1.807) is 48.1 Å². The van der Waals surface area contributed by atoms with Crippen molar-refractivity contribution in [3.63, 3.8) is 0 Å². The average molecular weight is 357 g/mol. The molecule has 2 aromatic carbocycles. The first-order chi connectivity index (χ1) is 12.3. The van der Waals surface area contributed by atoms with Crippen molar-refractivity contribution in [3.8, 4) is 17.1 Å². The Hall–Kier alpha value is -3.29. The fraction of sp³-hybridized carbons (Fsp3) is 0.111. The quantitative estimate of drug-likeness (QED) is 0.525. The Morgan fingerprint density at radius 2 is 1.92 bits per heavy atom. The summed E-state index contributed by atoms with van der Waals surface area (Å²) in [6, 6.07) is 8.93. The van der Waals surface area contributed by atoms with Crippen LogP contribution < -0.4 is 5.73 Å². The molecule has 3 N–H and O–H groups in total. The minimum Gasteiger partial charge on any atom is -0.399 e. The summed E-state index contributed by atoms with van der Waals surface area (Å²) >= 11 is 0. The van der Waals surface area contributed by atoms with Crippen molar-refractivity contribution in [1.29, 1.82) is 0 Å². The minimum atomic E-state index is -4.48. The molecule has 4 aromatic rings. The number of nitrogens with one attached hydrogen (secondary N) is 1. The molecule has 2 aromatic heterocycles. The summed E-state index contributed by atoms with van der Waals surface area (Å²) in [5, 5.41) is 0. The summed E-state index contributed by atoms with van der Waals surface area (Å²) in [5.74, 6) is 0.934. The number of nitrogens with two attached hydrogens (primary N) is 1. The molecule has 2 heterocycles. The highest BCUT2D eigenvalue weighted by atomic mass is 19.4.